The fourth-order valence-corrected chi connectivity index (χ4v) is 2.03. The minimum Gasteiger partial charge on any atom is -0.497 e. The molecule has 0 bridgehead atoms. The van der Waals surface area contributed by atoms with Crippen molar-refractivity contribution in [3.63, 3.8) is 0 Å². The molecule has 0 radical (unpaired) electrons. The zero-order chi connectivity index (χ0) is 13.8. The molecule has 0 aliphatic carbocycles. The second-order valence-electron chi connectivity index (χ2n) is 4.26. The second-order valence-corrected chi connectivity index (χ2v) is 4.26. The molecule has 98 valence electrons. The first kappa shape index (κ1) is 13.1. The molecule has 0 saturated heterocycles. The number of aryl methyl sites for hydroxylation is 1. The van der Waals surface area contributed by atoms with Crippen molar-refractivity contribution in [1.29, 1.82) is 0 Å². The minimum absolute atomic E-state index is 0.644. The highest BCUT2D eigenvalue weighted by molar-refractivity contribution is 5.82. The van der Waals surface area contributed by atoms with Crippen LogP contribution in [-0.4, -0.2) is 20.5 Å². The predicted octanol–water partition coefficient (Wildman–Crippen LogP) is 3.49. The molecule has 19 heavy (non-hydrogen) atoms. The smallest absolute Gasteiger partial charge is 0.150 e. The van der Waals surface area contributed by atoms with E-state index in [0.717, 1.165) is 34.5 Å². The highest BCUT2D eigenvalue weighted by atomic mass is 16.5. The topological polar surface area (TPSA) is 35.5 Å². The molecule has 0 aliphatic heterocycles. The lowest BCUT2D eigenvalue weighted by atomic mass is 9.97. The molecule has 0 aromatic heterocycles. The highest BCUT2D eigenvalue weighted by Gasteiger charge is 2.10. The summed E-state index contributed by atoms with van der Waals surface area (Å²) < 4.78 is 10.6. The maximum atomic E-state index is 10.9. The van der Waals surface area contributed by atoms with Gasteiger partial charge in [0, 0.05) is 11.1 Å². The zero-order valence-electron chi connectivity index (χ0n) is 11.3. The van der Waals surface area contributed by atoms with Crippen molar-refractivity contribution < 1.29 is 14.3 Å². The van der Waals surface area contributed by atoms with Gasteiger partial charge in [0.25, 0.3) is 0 Å². The summed E-state index contributed by atoms with van der Waals surface area (Å²) in [5, 5.41) is 0. The number of ether oxygens (including phenoxy) is 2. The van der Waals surface area contributed by atoms with Crippen LogP contribution in [0, 0.1) is 6.92 Å². The number of methoxy groups -OCH3 is 2. The Morgan fingerprint density at radius 2 is 1.74 bits per heavy atom. The molecule has 3 nitrogen and oxygen atoms in total. The van der Waals surface area contributed by atoms with Crippen LogP contribution < -0.4 is 9.47 Å². The Morgan fingerprint density at radius 3 is 2.37 bits per heavy atom. The van der Waals surface area contributed by atoms with E-state index < -0.39 is 0 Å². The molecule has 0 aliphatic rings. The van der Waals surface area contributed by atoms with Crippen LogP contribution in [0.25, 0.3) is 11.1 Å². The largest absolute Gasteiger partial charge is 0.497 e. The van der Waals surface area contributed by atoms with Crippen molar-refractivity contribution in [1.82, 2.24) is 0 Å². The Kier molecular flexibility index (Phi) is 3.85. The lowest BCUT2D eigenvalue weighted by molar-refractivity contribution is 0.112. The van der Waals surface area contributed by atoms with E-state index in [1.165, 1.54) is 0 Å². The van der Waals surface area contributed by atoms with Crippen molar-refractivity contribution in [2.75, 3.05) is 14.2 Å². The monoisotopic (exact) mass is 256 g/mol. The van der Waals surface area contributed by atoms with Crippen LogP contribution in [0.1, 0.15) is 15.9 Å². The third-order valence-electron chi connectivity index (χ3n) is 3.09. The van der Waals surface area contributed by atoms with Gasteiger partial charge < -0.3 is 9.47 Å². The third-order valence-corrected chi connectivity index (χ3v) is 3.09. The Morgan fingerprint density at radius 1 is 0.947 bits per heavy atom. The van der Waals surface area contributed by atoms with Crippen LogP contribution in [0.4, 0.5) is 0 Å². The Bertz CT molecular complexity index is 603. The van der Waals surface area contributed by atoms with Crippen molar-refractivity contribution in [3.8, 4) is 22.6 Å². The Hall–Kier alpha value is -2.29. The molecule has 0 N–H and O–H groups in total. The number of aldehydes is 1. The van der Waals surface area contributed by atoms with Gasteiger partial charge in [0.2, 0.25) is 0 Å². The molecule has 0 spiro atoms. The Labute approximate surface area is 112 Å². The van der Waals surface area contributed by atoms with Gasteiger partial charge >= 0.3 is 0 Å². The standard InChI is InChI=1S/C16H16O3/c1-11-4-5-12(10-17)8-14(11)15-9-13(18-2)6-7-16(15)19-3/h4-10H,1-3H3. The van der Waals surface area contributed by atoms with E-state index in [9.17, 15) is 4.79 Å². The van der Waals surface area contributed by atoms with Gasteiger partial charge in [0.15, 0.2) is 0 Å². The number of carbonyl (C=O) groups is 1. The van der Waals surface area contributed by atoms with E-state index in [1.54, 1.807) is 20.3 Å². The van der Waals surface area contributed by atoms with Gasteiger partial charge in [-0.1, -0.05) is 12.1 Å². The van der Waals surface area contributed by atoms with E-state index in [0.29, 0.717) is 5.56 Å². The molecule has 0 saturated carbocycles. The summed E-state index contributed by atoms with van der Waals surface area (Å²) in [6.45, 7) is 2.00. The fraction of sp³-hybridized carbons (Fsp3) is 0.188. The lowest BCUT2D eigenvalue weighted by Crippen LogP contribution is -1.93. The molecule has 0 amide bonds. The fourth-order valence-electron chi connectivity index (χ4n) is 2.03. The molecule has 0 heterocycles. The third kappa shape index (κ3) is 2.60. The molecule has 3 heteroatoms. The van der Waals surface area contributed by atoms with Gasteiger partial charge in [-0.3, -0.25) is 4.79 Å². The van der Waals surface area contributed by atoms with Gasteiger partial charge in [-0.25, -0.2) is 0 Å². The van der Waals surface area contributed by atoms with Gasteiger partial charge in [-0.05, 0) is 42.3 Å². The van der Waals surface area contributed by atoms with Gasteiger partial charge in [0.05, 0.1) is 14.2 Å². The summed E-state index contributed by atoms with van der Waals surface area (Å²) in [6, 6.07) is 11.2. The summed E-state index contributed by atoms with van der Waals surface area (Å²) >= 11 is 0. The van der Waals surface area contributed by atoms with Gasteiger partial charge in [0.1, 0.15) is 17.8 Å². The van der Waals surface area contributed by atoms with Crippen LogP contribution in [0.2, 0.25) is 0 Å². The van der Waals surface area contributed by atoms with E-state index >= 15 is 0 Å². The van der Waals surface area contributed by atoms with Crippen molar-refractivity contribution in [3.05, 3.63) is 47.5 Å². The highest BCUT2D eigenvalue weighted by Crippen LogP contribution is 2.35. The van der Waals surface area contributed by atoms with Crippen LogP contribution in [0.5, 0.6) is 11.5 Å². The number of rotatable bonds is 4. The molecule has 2 aromatic carbocycles. The average Bonchev–Trinajstić information content (AvgIpc) is 2.47. The van der Waals surface area contributed by atoms with E-state index in [2.05, 4.69) is 0 Å². The number of carbonyl (C=O) groups excluding carboxylic acids is 1. The number of hydrogen-bond acceptors (Lipinski definition) is 3. The van der Waals surface area contributed by atoms with E-state index in [4.69, 9.17) is 9.47 Å². The summed E-state index contributed by atoms with van der Waals surface area (Å²) in [7, 11) is 3.25. The van der Waals surface area contributed by atoms with E-state index in [-0.39, 0.29) is 0 Å². The molecule has 0 fully saturated rings. The summed E-state index contributed by atoms with van der Waals surface area (Å²) in [5.74, 6) is 1.51. The first-order chi connectivity index (χ1) is 9.19. The van der Waals surface area contributed by atoms with Crippen molar-refractivity contribution >= 4 is 6.29 Å². The maximum Gasteiger partial charge on any atom is 0.150 e. The van der Waals surface area contributed by atoms with Crippen LogP contribution in [-0.2, 0) is 0 Å². The molecule has 0 atom stereocenters. The first-order valence-corrected chi connectivity index (χ1v) is 5.98. The first-order valence-electron chi connectivity index (χ1n) is 5.98. The summed E-state index contributed by atoms with van der Waals surface area (Å²) in [4.78, 5) is 10.9. The van der Waals surface area contributed by atoms with Gasteiger partial charge in [-0.2, -0.15) is 0 Å². The minimum atomic E-state index is 0.644. The quantitative estimate of drug-likeness (QED) is 0.785. The van der Waals surface area contributed by atoms with Crippen molar-refractivity contribution in [2.24, 2.45) is 0 Å². The maximum absolute atomic E-state index is 10.9. The lowest BCUT2D eigenvalue weighted by Gasteiger charge is -2.13. The average molecular weight is 256 g/mol. The van der Waals surface area contributed by atoms with Crippen molar-refractivity contribution in [2.45, 2.75) is 6.92 Å². The van der Waals surface area contributed by atoms with Gasteiger partial charge in [-0.15, -0.1) is 0 Å². The molecular weight excluding hydrogens is 240 g/mol. The second kappa shape index (κ2) is 5.57. The van der Waals surface area contributed by atoms with Crippen LogP contribution in [0.3, 0.4) is 0 Å². The predicted molar refractivity (Wildman–Crippen MR) is 75.1 cm³/mol. The summed E-state index contributed by atoms with van der Waals surface area (Å²) in [5.41, 5.74) is 3.62. The van der Waals surface area contributed by atoms with Crippen LogP contribution in [0.15, 0.2) is 36.4 Å². The summed E-state index contributed by atoms with van der Waals surface area (Å²) in [6.07, 6.45) is 0.843. The Balaban J connectivity index is 2.65. The molecule has 2 rings (SSSR count). The van der Waals surface area contributed by atoms with E-state index in [1.807, 2.05) is 37.3 Å². The molecule has 0 unspecified atom stereocenters. The molecule has 2 aromatic rings. The molecular formula is C16H16O3. The number of hydrogen-bond donors (Lipinski definition) is 0. The number of benzene rings is 2. The SMILES string of the molecule is COc1ccc(OC)c(-c2cc(C=O)ccc2C)c1. The van der Waals surface area contributed by atoms with Crippen LogP contribution >= 0.6 is 0 Å². The normalized spacial score (nSPS) is 10.1. The zero-order valence-corrected chi connectivity index (χ0v) is 11.3.